The van der Waals surface area contributed by atoms with Crippen LogP contribution in [0.15, 0.2) is 36.4 Å². The number of anilines is 1. The smallest absolute Gasteiger partial charge is 0.225 e. The minimum Gasteiger partial charge on any atom is -0.364 e. The molecule has 6 heteroatoms. The average molecular weight is 312 g/mol. The molecule has 1 aliphatic heterocycles. The van der Waals surface area contributed by atoms with Crippen LogP contribution in [0.25, 0.3) is 11.3 Å². The van der Waals surface area contributed by atoms with Gasteiger partial charge >= 0.3 is 0 Å². The highest BCUT2D eigenvalue weighted by molar-refractivity contribution is 5.80. The van der Waals surface area contributed by atoms with Gasteiger partial charge in [0.25, 0.3) is 0 Å². The number of nitrogens with one attached hydrogen (secondary N) is 1. The maximum absolute atomic E-state index is 12.9. The summed E-state index contributed by atoms with van der Waals surface area (Å²) in [5.74, 6) is 0.610. The number of hydrogen-bond acceptors (Lipinski definition) is 4. The van der Waals surface area contributed by atoms with Gasteiger partial charge in [-0.3, -0.25) is 4.79 Å². The van der Waals surface area contributed by atoms with Crippen molar-refractivity contribution in [2.45, 2.75) is 31.3 Å². The van der Waals surface area contributed by atoms with Gasteiger partial charge in [-0.2, -0.15) is 0 Å². The molecule has 1 atom stereocenters. The van der Waals surface area contributed by atoms with Crippen molar-refractivity contribution in [2.75, 3.05) is 11.9 Å². The Morgan fingerprint density at radius 2 is 1.87 bits per heavy atom. The summed E-state index contributed by atoms with van der Waals surface area (Å²) in [4.78, 5) is 13.9. The molecule has 0 bridgehead atoms. The second kappa shape index (κ2) is 5.61. The quantitative estimate of drug-likeness (QED) is 0.942. The van der Waals surface area contributed by atoms with Crippen LogP contribution in [0.3, 0.4) is 0 Å². The Labute approximate surface area is 133 Å². The first-order valence-corrected chi connectivity index (χ1v) is 7.85. The highest BCUT2D eigenvalue weighted by atomic mass is 19.1. The number of nitrogens with zero attached hydrogens (tertiary/aromatic N) is 3. The normalized spacial score (nSPS) is 20.8. The van der Waals surface area contributed by atoms with Crippen molar-refractivity contribution in [3.05, 3.63) is 42.2 Å². The van der Waals surface area contributed by atoms with E-state index >= 15 is 0 Å². The Bertz CT molecular complexity index is 712. The number of hydrogen-bond donors (Lipinski definition) is 1. The zero-order chi connectivity index (χ0) is 15.8. The minimum absolute atomic E-state index is 0.0917. The van der Waals surface area contributed by atoms with Crippen molar-refractivity contribution in [2.24, 2.45) is 0 Å². The molecule has 5 nitrogen and oxygen atoms in total. The molecular formula is C17H17FN4O. The van der Waals surface area contributed by atoms with Crippen LogP contribution in [0.4, 0.5) is 10.2 Å². The summed E-state index contributed by atoms with van der Waals surface area (Å²) >= 11 is 0. The Morgan fingerprint density at radius 1 is 1.09 bits per heavy atom. The molecule has 4 rings (SSSR count). The summed E-state index contributed by atoms with van der Waals surface area (Å²) in [6, 6.07) is 10.4. The predicted octanol–water partition coefficient (Wildman–Crippen LogP) is 2.46. The van der Waals surface area contributed by atoms with Crippen LogP contribution in [-0.4, -0.2) is 39.6 Å². The summed E-state index contributed by atoms with van der Waals surface area (Å²) < 4.78 is 12.9. The molecule has 0 spiro atoms. The van der Waals surface area contributed by atoms with Crippen LogP contribution in [0, 0.1) is 5.82 Å². The third-order valence-corrected chi connectivity index (χ3v) is 4.30. The van der Waals surface area contributed by atoms with Crippen molar-refractivity contribution in [3.63, 3.8) is 0 Å². The fourth-order valence-electron chi connectivity index (χ4n) is 2.96. The standard InChI is InChI=1S/C17H17FN4O/c18-12-3-1-11(2-4-12)15-7-8-16(21-20-15)19-13-9-17(23)22(10-13)14-5-6-14/h1-4,7-8,13-14H,5-6,9-10H2,(H,19,21). The van der Waals surface area contributed by atoms with Crippen LogP contribution < -0.4 is 5.32 Å². The summed E-state index contributed by atoms with van der Waals surface area (Å²) in [6.45, 7) is 0.741. The van der Waals surface area contributed by atoms with E-state index in [1.54, 1.807) is 12.1 Å². The molecular weight excluding hydrogens is 295 g/mol. The van der Waals surface area contributed by atoms with Crippen LogP contribution in [0.2, 0.25) is 0 Å². The van der Waals surface area contributed by atoms with Gasteiger partial charge in [-0.15, -0.1) is 10.2 Å². The van der Waals surface area contributed by atoms with Gasteiger partial charge in [0.05, 0.1) is 11.7 Å². The third-order valence-electron chi connectivity index (χ3n) is 4.30. The van der Waals surface area contributed by atoms with Gasteiger partial charge < -0.3 is 10.2 Å². The molecule has 2 heterocycles. The van der Waals surface area contributed by atoms with E-state index in [0.29, 0.717) is 24.0 Å². The lowest BCUT2D eigenvalue weighted by atomic mass is 10.1. The Kier molecular flexibility index (Phi) is 3.44. The van der Waals surface area contributed by atoms with E-state index in [-0.39, 0.29) is 17.8 Å². The lowest BCUT2D eigenvalue weighted by Gasteiger charge is -2.16. The molecule has 118 valence electrons. The topological polar surface area (TPSA) is 58.1 Å². The van der Waals surface area contributed by atoms with E-state index in [9.17, 15) is 9.18 Å². The number of amides is 1. The van der Waals surface area contributed by atoms with E-state index in [1.165, 1.54) is 12.1 Å². The number of benzene rings is 1. The lowest BCUT2D eigenvalue weighted by Crippen LogP contribution is -2.29. The van der Waals surface area contributed by atoms with Gasteiger partial charge in [-0.25, -0.2) is 4.39 Å². The highest BCUT2D eigenvalue weighted by Gasteiger charge is 2.39. The first-order chi connectivity index (χ1) is 11.2. The van der Waals surface area contributed by atoms with Gasteiger partial charge in [0, 0.05) is 24.6 Å². The molecule has 1 saturated carbocycles. The molecule has 1 saturated heterocycles. The average Bonchev–Trinajstić information content (AvgIpc) is 3.33. The maximum atomic E-state index is 12.9. The zero-order valence-corrected chi connectivity index (χ0v) is 12.6. The van der Waals surface area contributed by atoms with Crippen molar-refractivity contribution in [3.8, 4) is 11.3 Å². The van der Waals surface area contributed by atoms with E-state index in [1.807, 2.05) is 17.0 Å². The summed E-state index contributed by atoms with van der Waals surface area (Å²) in [5.41, 5.74) is 1.51. The molecule has 1 aromatic heterocycles. The van der Waals surface area contributed by atoms with E-state index in [2.05, 4.69) is 15.5 Å². The molecule has 0 radical (unpaired) electrons. The van der Waals surface area contributed by atoms with Crippen LogP contribution in [0.5, 0.6) is 0 Å². The second-order valence-electron chi connectivity index (χ2n) is 6.13. The molecule has 1 aliphatic carbocycles. The Morgan fingerprint density at radius 3 is 2.52 bits per heavy atom. The number of carbonyl (C=O) groups excluding carboxylic acids is 1. The summed E-state index contributed by atoms with van der Waals surface area (Å²) in [6.07, 6.45) is 2.77. The highest BCUT2D eigenvalue weighted by Crippen LogP contribution is 2.31. The summed E-state index contributed by atoms with van der Waals surface area (Å²) in [5, 5.41) is 11.6. The van der Waals surface area contributed by atoms with E-state index in [0.717, 1.165) is 24.9 Å². The molecule has 23 heavy (non-hydrogen) atoms. The molecule has 1 unspecified atom stereocenters. The molecule has 1 aromatic carbocycles. The third kappa shape index (κ3) is 3.02. The zero-order valence-electron chi connectivity index (χ0n) is 12.6. The Hall–Kier alpha value is -2.50. The van der Waals surface area contributed by atoms with Crippen LogP contribution >= 0.6 is 0 Å². The summed E-state index contributed by atoms with van der Waals surface area (Å²) in [7, 11) is 0. The molecule has 1 amide bonds. The number of likely N-dealkylation sites (tertiary alicyclic amines) is 1. The van der Waals surface area contributed by atoms with E-state index in [4.69, 9.17) is 0 Å². The molecule has 2 fully saturated rings. The van der Waals surface area contributed by atoms with Crippen LogP contribution in [0.1, 0.15) is 19.3 Å². The number of aromatic nitrogens is 2. The number of rotatable bonds is 4. The first-order valence-electron chi connectivity index (χ1n) is 7.85. The Balaban J connectivity index is 1.42. The monoisotopic (exact) mass is 312 g/mol. The molecule has 2 aliphatic rings. The van der Waals surface area contributed by atoms with Gasteiger partial charge in [-0.05, 0) is 49.2 Å². The van der Waals surface area contributed by atoms with Crippen molar-refractivity contribution in [1.82, 2.24) is 15.1 Å². The fourth-order valence-corrected chi connectivity index (χ4v) is 2.96. The minimum atomic E-state index is -0.272. The van der Waals surface area contributed by atoms with Gasteiger partial charge in [0.15, 0.2) is 0 Å². The SMILES string of the molecule is O=C1CC(Nc2ccc(-c3ccc(F)cc3)nn2)CN1C1CC1. The second-order valence-corrected chi connectivity index (χ2v) is 6.13. The van der Waals surface area contributed by atoms with Crippen molar-refractivity contribution >= 4 is 11.7 Å². The van der Waals surface area contributed by atoms with E-state index < -0.39 is 0 Å². The largest absolute Gasteiger partial charge is 0.364 e. The predicted molar refractivity (Wildman–Crippen MR) is 84.2 cm³/mol. The molecule has 1 N–H and O–H groups in total. The fraction of sp³-hybridized carbons (Fsp3) is 0.353. The van der Waals surface area contributed by atoms with Gasteiger partial charge in [0.2, 0.25) is 5.91 Å². The molecule has 2 aromatic rings. The maximum Gasteiger partial charge on any atom is 0.225 e. The van der Waals surface area contributed by atoms with Crippen LogP contribution in [-0.2, 0) is 4.79 Å². The number of halogens is 1. The lowest BCUT2D eigenvalue weighted by molar-refractivity contribution is -0.128. The van der Waals surface area contributed by atoms with Crippen molar-refractivity contribution in [1.29, 1.82) is 0 Å². The van der Waals surface area contributed by atoms with Gasteiger partial charge in [-0.1, -0.05) is 0 Å². The number of carbonyl (C=O) groups is 1. The van der Waals surface area contributed by atoms with Gasteiger partial charge in [0.1, 0.15) is 11.6 Å². The van der Waals surface area contributed by atoms with Crippen molar-refractivity contribution < 1.29 is 9.18 Å². The first kappa shape index (κ1) is 14.1.